The summed E-state index contributed by atoms with van der Waals surface area (Å²) in [5.41, 5.74) is 1.48. The molecule has 0 spiro atoms. The number of fused-ring (bicyclic) bond motifs is 1. The Kier molecular flexibility index (Phi) is 4.48. The molecule has 0 atom stereocenters. The second-order valence-electron chi connectivity index (χ2n) is 6.81. The van der Waals surface area contributed by atoms with Crippen LogP contribution < -0.4 is 0 Å². The molecule has 2 heterocycles. The van der Waals surface area contributed by atoms with Crippen LogP contribution in [0, 0.1) is 0 Å². The van der Waals surface area contributed by atoms with E-state index in [-0.39, 0.29) is 6.61 Å². The third-order valence-corrected chi connectivity index (χ3v) is 4.69. The van der Waals surface area contributed by atoms with Crippen molar-refractivity contribution in [3.8, 4) is 0 Å². The second-order valence-corrected chi connectivity index (χ2v) is 6.81. The number of aromatic nitrogens is 1. The maximum absolute atomic E-state index is 12.5. The summed E-state index contributed by atoms with van der Waals surface area (Å²) in [7, 11) is 0. The Balaban J connectivity index is 1.54. The number of benzene rings is 1. The molecule has 0 unspecified atom stereocenters. The molecule has 26 heavy (non-hydrogen) atoms. The summed E-state index contributed by atoms with van der Waals surface area (Å²) in [5, 5.41) is 1.79. The van der Waals surface area contributed by atoms with Crippen molar-refractivity contribution in [3.63, 3.8) is 0 Å². The summed E-state index contributed by atoms with van der Waals surface area (Å²) in [6.45, 7) is -0.0148. The van der Waals surface area contributed by atoms with Crippen LogP contribution in [-0.4, -0.2) is 40.3 Å². The van der Waals surface area contributed by atoms with Gasteiger partial charge < -0.3 is 14.5 Å². The van der Waals surface area contributed by atoms with Crippen LogP contribution in [0.3, 0.4) is 0 Å². The maximum atomic E-state index is 12.5. The van der Waals surface area contributed by atoms with Crippen LogP contribution in [0.2, 0.25) is 0 Å². The van der Waals surface area contributed by atoms with Crippen molar-refractivity contribution in [1.29, 1.82) is 0 Å². The van der Waals surface area contributed by atoms with Gasteiger partial charge in [-0.1, -0.05) is 24.3 Å². The van der Waals surface area contributed by atoms with Gasteiger partial charge in [0.2, 0.25) is 0 Å². The molecule has 0 bridgehead atoms. The Hall–Kier alpha value is -2.28. The van der Waals surface area contributed by atoms with Gasteiger partial charge in [0, 0.05) is 35.6 Å². The minimum absolute atomic E-state index is 0.104. The van der Waals surface area contributed by atoms with Crippen LogP contribution in [0.1, 0.15) is 24.1 Å². The Morgan fingerprint density at radius 3 is 2.73 bits per heavy atom. The van der Waals surface area contributed by atoms with E-state index in [1.807, 2.05) is 30.5 Å². The van der Waals surface area contributed by atoms with Crippen LogP contribution >= 0.6 is 0 Å². The van der Waals surface area contributed by atoms with Crippen molar-refractivity contribution in [3.05, 3.63) is 54.1 Å². The molecule has 7 heteroatoms. The summed E-state index contributed by atoms with van der Waals surface area (Å²) in [5.74, 6) is 0. The molecule has 1 aliphatic carbocycles. The Labute approximate surface area is 149 Å². The van der Waals surface area contributed by atoms with E-state index in [9.17, 15) is 13.2 Å². The zero-order chi connectivity index (χ0) is 18.1. The quantitative estimate of drug-likeness (QED) is 0.775. The average Bonchev–Trinajstić information content (AvgIpc) is 3.35. The Morgan fingerprint density at radius 1 is 1.15 bits per heavy atom. The van der Waals surface area contributed by atoms with Crippen molar-refractivity contribution >= 4 is 10.8 Å². The zero-order valence-corrected chi connectivity index (χ0v) is 14.2. The first kappa shape index (κ1) is 17.1. The number of nitrogens with zero attached hydrogens (tertiary/aromatic N) is 3. The number of hydrogen-bond acceptors (Lipinski definition) is 4. The smallest absolute Gasteiger partial charge is 0.367 e. The number of pyridine rings is 1. The molecule has 0 N–H and O–H groups in total. The summed E-state index contributed by atoms with van der Waals surface area (Å²) < 4.78 is 42.3. The van der Waals surface area contributed by atoms with E-state index < -0.39 is 12.8 Å². The highest BCUT2D eigenvalue weighted by Gasteiger charge is 2.30. The van der Waals surface area contributed by atoms with Gasteiger partial charge in [-0.3, -0.25) is 4.98 Å². The normalized spacial score (nSPS) is 17.5. The predicted octanol–water partition coefficient (Wildman–Crippen LogP) is 4.02. The van der Waals surface area contributed by atoms with Gasteiger partial charge in [-0.05, 0) is 18.2 Å². The summed E-state index contributed by atoms with van der Waals surface area (Å²) >= 11 is 0. The lowest BCUT2D eigenvalue weighted by molar-refractivity contribution is -0.176. The number of rotatable bonds is 6. The van der Waals surface area contributed by atoms with Crippen molar-refractivity contribution in [1.82, 2.24) is 14.8 Å². The highest BCUT2D eigenvalue weighted by molar-refractivity contribution is 5.85. The molecule has 1 fully saturated rings. The first-order valence-electron chi connectivity index (χ1n) is 8.68. The molecular formula is C19H20F3N3O. The summed E-state index contributed by atoms with van der Waals surface area (Å²) in [6, 6.07) is 8.22. The minimum Gasteiger partial charge on any atom is -0.367 e. The molecule has 0 saturated heterocycles. The molecule has 1 saturated carbocycles. The third-order valence-electron chi connectivity index (χ3n) is 4.69. The molecule has 0 radical (unpaired) electrons. The molecule has 4 nitrogen and oxygen atoms in total. The summed E-state index contributed by atoms with van der Waals surface area (Å²) in [6.07, 6.45) is 4.00. The molecule has 1 aliphatic heterocycles. The van der Waals surface area contributed by atoms with E-state index in [2.05, 4.69) is 21.0 Å². The van der Waals surface area contributed by atoms with Crippen LogP contribution in [0.15, 0.2) is 42.9 Å². The van der Waals surface area contributed by atoms with Gasteiger partial charge in [0.25, 0.3) is 0 Å². The van der Waals surface area contributed by atoms with Crippen LogP contribution in [-0.2, 0) is 17.9 Å². The fourth-order valence-electron chi connectivity index (χ4n) is 3.25. The lowest BCUT2D eigenvalue weighted by atomic mass is 10.0. The number of ether oxygens (including phenoxy) is 1. The van der Waals surface area contributed by atoms with E-state index in [0.29, 0.717) is 12.6 Å². The molecule has 2 aliphatic rings. The van der Waals surface area contributed by atoms with Crippen molar-refractivity contribution in [2.24, 2.45) is 0 Å². The third kappa shape index (κ3) is 3.93. The highest BCUT2D eigenvalue weighted by atomic mass is 19.4. The Bertz CT molecular complexity index is 817. The van der Waals surface area contributed by atoms with Gasteiger partial charge in [0.05, 0.1) is 25.5 Å². The van der Waals surface area contributed by atoms with Gasteiger partial charge in [-0.15, -0.1) is 0 Å². The molecule has 2 aromatic rings. The van der Waals surface area contributed by atoms with Gasteiger partial charge in [-0.2, -0.15) is 13.2 Å². The lowest BCUT2D eigenvalue weighted by Gasteiger charge is -2.22. The van der Waals surface area contributed by atoms with Gasteiger partial charge in [0.15, 0.2) is 0 Å². The van der Waals surface area contributed by atoms with Crippen molar-refractivity contribution in [2.45, 2.75) is 38.2 Å². The van der Waals surface area contributed by atoms with E-state index in [1.165, 1.54) is 12.8 Å². The largest absolute Gasteiger partial charge is 0.411 e. The molecule has 1 aromatic carbocycles. The van der Waals surface area contributed by atoms with E-state index in [0.717, 1.165) is 28.7 Å². The predicted molar refractivity (Wildman–Crippen MR) is 91.9 cm³/mol. The van der Waals surface area contributed by atoms with Crippen LogP contribution in [0.4, 0.5) is 13.2 Å². The maximum Gasteiger partial charge on any atom is 0.411 e. The SMILES string of the molecule is FC(F)(F)COCc1c(CN2C=CN(C3CC3)C2)ncc2ccccc12. The van der Waals surface area contributed by atoms with Crippen molar-refractivity contribution < 1.29 is 17.9 Å². The number of hydrogen-bond donors (Lipinski definition) is 0. The second kappa shape index (κ2) is 6.79. The minimum atomic E-state index is -4.33. The molecule has 0 amide bonds. The Morgan fingerprint density at radius 2 is 1.96 bits per heavy atom. The number of alkyl halides is 3. The monoisotopic (exact) mass is 363 g/mol. The topological polar surface area (TPSA) is 28.6 Å². The molecule has 138 valence electrons. The van der Waals surface area contributed by atoms with Crippen LogP contribution in [0.5, 0.6) is 0 Å². The summed E-state index contributed by atoms with van der Waals surface area (Å²) in [4.78, 5) is 8.94. The fraction of sp³-hybridized carbons (Fsp3) is 0.421. The molecular weight excluding hydrogens is 343 g/mol. The first-order chi connectivity index (χ1) is 12.5. The first-order valence-corrected chi connectivity index (χ1v) is 8.68. The van der Waals surface area contributed by atoms with Gasteiger partial charge in [-0.25, -0.2) is 0 Å². The van der Waals surface area contributed by atoms with E-state index in [1.54, 1.807) is 6.20 Å². The standard InChI is InChI=1S/C19H20F3N3O/c20-19(21,22)12-26-11-17-16-4-2-1-3-14(16)9-23-18(17)10-24-7-8-25(13-24)15-5-6-15/h1-4,7-9,15H,5-6,10-13H2. The van der Waals surface area contributed by atoms with E-state index in [4.69, 9.17) is 4.74 Å². The average molecular weight is 363 g/mol. The van der Waals surface area contributed by atoms with Crippen LogP contribution in [0.25, 0.3) is 10.8 Å². The van der Waals surface area contributed by atoms with Crippen molar-refractivity contribution in [2.75, 3.05) is 13.3 Å². The van der Waals surface area contributed by atoms with Gasteiger partial charge >= 0.3 is 6.18 Å². The van der Waals surface area contributed by atoms with Gasteiger partial charge in [0.1, 0.15) is 6.61 Å². The van der Waals surface area contributed by atoms with E-state index >= 15 is 0 Å². The lowest BCUT2D eigenvalue weighted by Crippen LogP contribution is -2.27. The number of halogens is 3. The molecule has 4 rings (SSSR count). The zero-order valence-electron chi connectivity index (χ0n) is 14.2. The molecule has 1 aromatic heterocycles. The fourth-order valence-corrected chi connectivity index (χ4v) is 3.25. The highest BCUT2D eigenvalue weighted by Crippen LogP contribution is 2.30.